The Kier molecular flexibility index (Phi) is 7.80. The molecule has 2 N–H and O–H groups in total. The number of nitrogens with zero attached hydrogens (tertiary/aromatic N) is 5. The number of sulfonamides is 1. The summed E-state index contributed by atoms with van der Waals surface area (Å²) in [6, 6.07) is 12.0. The van der Waals surface area contributed by atoms with Crippen LogP contribution in [0.2, 0.25) is 0 Å². The van der Waals surface area contributed by atoms with E-state index in [1.165, 1.54) is 37.8 Å². The molecule has 0 unspecified atom stereocenters. The van der Waals surface area contributed by atoms with Crippen LogP contribution in [-0.4, -0.2) is 52.7 Å². The minimum Gasteiger partial charge on any atom is -0.494 e. The molecule has 0 aliphatic rings. The number of rotatable bonds is 9. The lowest BCUT2D eigenvalue weighted by Gasteiger charge is -2.22. The summed E-state index contributed by atoms with van der Waals surface area (Å²) >= 11 is 0. The Morgan fingerprint density at radius 3 is 2.38 bits per heavy atom. The second-order valence-electron chi connectivity index (χ2n) is 8.59. The molecule has 11 nitrogen and oxygen atoms in total. The molecular formula is C26H25FN6O5S. The van der Waals surface area contributed by atoms with Gasteiger partial charge in [0.05, 0.1) is 25.9 Å². The lowest BCUT2D eigenvalue weighted by atomic mass is 10.0. The van der Waals surface area contributed by atoms with Crippen molar-refractivity contribution in [1.82, 2.24) is 19.7 Å². The van der Waals surface area contributed by atoms with Gasteiger partial charge in [0.15, 0.2) is 5.82 Å². The molecule has 0 spiro atoms. The molecule has 4 aromatic rings. The monoisotopic (exact) mass is 552 g/mol. The summed E-state index contributed by atoms with van der Waals surface area (Å²) < 4.78 is 56.3. The van der Waals surface area contributed by atoms with Gasteiger partial charge in [-0.2, -0.15) is 5.26 Å². The van der Waals surface area contributed by atoms with Crippen molar-refractivity contribution in [2.45, 2.75) is 25.2 Å². The molecule has 2 aromatic carbocycles. The Hall–Kier alpha value is -4.54. The number of ether oxygens (including phenoxy) is 2. The van der Waals surface area contributed by atoms with Crippen LogP contribution in [0, 0.1) is 24.1 Å². The zero-order chi connectivity index (χ0) is 28.3. The number of methoxy groups -OCH3 is 2. The van der Waals surface area contributed by atoms with Gasteiger partial charge in [0, 0.05) is 23.5 Å². The summed E-state index contributed by atoms with van der Waals surface area (Å²) in [6.07, 6.45) is 1.45. The van der Waals surface area contributed by atoms with Gasteiger partial charge in [0.25, 0.3) is 0 Å². The number of hydrogen-bond acceptors (Lipinski definition) is 9. The van der Waals surface area contributed by atoms with Crippen LogP contribution in [0.5, 0.6) is 11.5 Å². The van der Waals surface area contributed by atoms with Gasteiger partial charge in [-0.1, -0.05) is 12.1 Å². The minimum absolute atomic E-state index is 0.0362. The maximum absolute atomic E-state index is 14.6. The summed E-state index contributed by atoms with van der Waals surface area (Å²) in [7, 11) is -1.49. The van der Waals surface area contributed by atoms with Crippen LogP contribution in [-0.2, 0) is 10.0 Å². The molecule has 39 heavy (non-hydrogen) atoms. The molecule has 2 aromatic heterocycles. The van der Waals surface area contributed by atoms with Crippen molar-refractivity contribution in [3.8, 4) is 34.6 Å². The van der Waals surface area contributed by atoms with Crippen LogP contribution >= 0.6 is 0 Å². The first kappa shape index (κ1) is 27.5. The fourth-order valence-electron chi connectivity index (χ4n) is 3.96. The van der Waals surface area contributed by atoms with Crippen molar-refractivity contribution in [2.75, 3.05) is 18.9 Å². The Bertz CT molecular complexity index is 1650. The summed E-state index contributed by atoms with van der Waals surface area (Å²) in [5.74, 6) is -0.222. The van der Waals surface area contributed by atoms with Crippen LogP contribution in [0.3, 0.4) is 0 Å². The lowest BCUT2D eigenvalue weighted by molar-refractivity contribution is 0.171. The largest absolute Gasteiger partial charge is 0.494 e. The predicted molar refractivity (Wildman–Crippen MR) is 141 cm³/mol. The van der Waals surface area contributed by atoms with Gasteiger partial charge in [-0.3, -0.25) is 14.3 Å². The van der Waals surface area contributed by atoms with E-state index in [0.717, 1.165) is 11.6 Å². The highest BCUT2D eigenvalue weighted by Crippen LogP contribution is 2.38. The molecule has 2 heterocycles. The first-order valence-corrected chi connectivity index (χ1v) is 13.1. The molecule has 0 bridgehead atoms. The van der Waals surface area contributed by atoms with Crippen molar-refractivity contribution in [3.63, 3.8) is 0 Å². The molecule has 0 radical (unpaired) electrons. The Balaban J connectivity index is 1.83. The smallest absolute Gasteiger partial charge is 0.243 e. The Labute approximate surface area is 224 Å². The first-order chi connectivity index (χ1) is 18.6. The zero-order valence-electron chi connectivity index (χ0n) is 21.5. The number of para-hydroxylation sites is 1. The molecule has 0 aliphatic heterocycles. The number of hydrogen-bond donors (Lipinski definition) is 2. The second kappa shape index (κ2) is 11.1. The fraction of sp³-hybridized carbons (Fsp3) is 0.231. The SMILES string of the molecule is COc1cccc(OC)c1-n1c(NS(=O)(=O)[C@@H](C)[C@@H](O)c2ccc(C#N)cc2F)nnc1-c1cncc(C)c1. The maximum Gasteiger partial charge on any atom is 0.243 e. The molecule has 0 amide bonds. The number of aryl methyl sites for hydroxylation is 1. The number of aliphatic hydroxyl groups excluding tert-OH is 1. The van der Waals surface area contributed by atoms with Crippen molar-refractivity contribution in [3.05, 3.63) is 77.4 Å². The second-order valence-corrected chi connectivity index (χ2v) is 10.6. The van der Waals surface area contributed by atoms with Crippen molar-refractivity contribution >= 4 is 16.0 Å². The standard InChI is InChI=1S/C26H25FN6O5S/c1-15-10-18(14-29-13-15)25-30-31-26(33(25)23-21(37-3)6-5-7-22(23)38-4)32-39(35,36)16(2)24(34)19-9-8-17(12-28)11-20(19)27/h5-11,13-14,16,24,34H,1-4H3,(H,31,32)/t16-,24+/m0/s1. The Morgan fingerprint density at radius 1 is 1.10 bits per heavy atom. The van der Waals surface area contributed by atoms with Crippen LogP contribution in [0.1, 0.15) is 29.7 Å². The summed E-state index contributed by atoms with van der Waals surface area (Å²) in [5.41, 5.74) is 1.44. The molecule has 0 aliphatic carbocycles. The highest BCUT2D eigenvalue weighted by molar-refractivity contribution is 7.93. The highest BCUT2D eigenvalue weighted by Gasteiger charge is 2.33. The van der Waals surface area contributed by atoms with Gasteiger partial charge in [-0.25, -0.2) is 12.8 Å². The molecule has 0 fully saturated rings. The maximum atomic E-state index is 14.6. The lowest BCUT2D eigenvalue weighted by Crippen LogP contribution is -2.32. The molecular weight excluding hydrogens is 527 g/mol. The third kappa shape index (κ3) is 5.38. The summed E-state index contributed by atoms with van der Waals surface area (Å²) in [6.45, 7) is 3.07. The molecule has 13 heteroatoms. The number of pyridine rings is 1. The molecule has 202 valence electrons. The highest BCUT2D eigenvalue weighted by atomic mass is 32.2. The van der Waals surface area contributed by atoms with Crippen molar-refractivity contribution < 1.29 is 27.4 Å². The number of halogens is 1. The van der Waals surface area contributed by atoms with Crippen LogP contribution < -0.4 is 14.2 Å². The van der Waals surface area contributed by atoms with Crippen molar-refractivity contribution in [1.29, 1.82) is 5.26 Å². The molecule has 4 rings (SSSR count). The van der Waals surface area contributed by atoms with Gasteiger partial charge in [-0.05, 0) is 49.7 Å². The number of anilines is 1. The van der Waals surface area contributed by atoms with Crippen LogP contribution in [0.4, 0.5) is 10.3 Å². The van der Waals surface area contributed by atoms with E-state index in [4.69, 9.17) is 14.7 Å². The average molecular weight is 553 g/mol. The third-order valence-electron chi connectivity index (χ3n) is 6.04. The summed E-state index contributed by atoms with van der Waals surface area (Å²) in [4.78, 5) is 4.20. The first-order valence-electron chi connectivity index (χ1n) is 11.6. The number of aliphatic hydroxyl groups is 1. The van der Waals surface area contributed by atoms with Gasteiger partial charge in [-0.15, -0.1) is 10.2 Å². The average Bonchev–Trinajstić information content (AvgIpc) is 3.33. The van der Waals surface area contributed by atoms with E-state index in [-0.39, 0.29) is 22.9 Å². The number of nitriles is 1. The van der Waals surface area contributed by atoms with Gasteiger partial charge < -0.3 is 14.6 Å². The number of aromatic nitrogens is 4. The minimum atomic E-state index is -4.39. The predicted octanol–water partition coefficient (Wildman–Crippen LogP) is 3.53. The number of benzene rings is 2. The fourth-order valence-corrected chi connectivity index (χ4v) is 5.02. The Morgan fingerprint density at radius 2 is 1.79 bits per heavy atom. The van der Waals surface area contributed by atoms with Crippen LogP contribution in [0.25, 0.3) is 17.1 Å². The molecule has 2 atom stereocenters. The quantitative estimate of drug-likeness (QED) is 0.318. The van der Waals surface area contributed by atoms with E-state index in [9.17, 15) is 17.9 Å². The van der Waals surface area contributed by atoms with Crippen molar-refractivity contribution in [2.24, 2.45) is 0 Å². The van der Waals surface area contributed by atoms with Gasteiger partial charge in [0.1, 0.15) is 34.4 Å². The van der Waals surface area contributed by atoms with Crippen LogP contribution in [0.15, 0.2) is 54.9 Å². The van der Waals surface area contributed by atoms with E-state index in [1.54, 1.807) is 42.7 Å². The normalized spacial score (nSPS) is 12.8. The molecule has 0 saturated heterocycles. The van der Waals surface area contributed by atoms with Gasteiger partial charge in [0.2, 0.25) is 16.0 Å². The van der Waals surface area contributed by atoms with E-state index in [2.05, 4.69) is 19.9 Å². The molecule has 0 saturated carbocycles. The van der Waals surface area contributed by atoms with E-state index in [0.29, 0.717) is 22.7 Å². The van der Waals surface area contributed by atoms with E-state index in [1.807, 2.05) is 6.92 Å². The topological polar surface area (TPSA) is 152 Å². The number of nitrogens with one attached hydrogen (secondary N) is 1. The third-order valence-corrected chi connectivity index (χ3v) is 7.74. The van der Waals surface area contributed by atoms with E-state index < -0.39 is 27.2 Å². The zero-order valence-corrected chi connectivity index (χ0v) is 22.3. The van der Waals surface area contributed by atoms with E-state index >= 15 is 0 Å². The van der Waals surface area contributed by atoms with Gasteiger partial charge >= 0.3 is 0 Å². The summed E-state index contributed by atoms with van der Waals surface area (Å²) in [5, 5.41) is 26.5.